The van der Waals surface area contributed by atoms with Gasteiger partial charge in [0.25, 0.3) is 0 Å². The van der Waals surface area contributed by atoms with Crippen molar-refractivity contribution in [2.45, 2.75) is 25.7 Å². The highest BCUT2D eigenvalue weighted by molar-refractivity contribution is 6.76. The van der Waals surface area contributed by atoms with Crippen LogP contribution in [0.3, 0.4) is 0 Å². The van der Waals surface area contributed by atoms with E-state index >= 15 is 0 Å². The van der Waals surface area contributed by atoms with E-state index in [0.717, 1.165) is 12.7 Å². The van der Waals surface area contributed by atoms with E-state index in [1.807, 2.05) is 11.1 Å². The first-order chi connectivity index (χ1) is 8.96. The van der Waals surface area contributed by atoms with E-state index in [0.29, 0.717) is 31.6 Å². The molecule has 0 saturated heterocycles. The molecule has 1 aliphatic rings. The predicted octanol–water partition coefficient (Wildman–Crippen LogP) is 1.54. The minimum atomic E-state index is -1.06. The predicted molar refractivity (Wildman–Crippen MR) is 77.9 cm³/mol. The number of nitrogens with zero attached hydrogens (tertiary/aromatic N) is 2. The Labute approximate surface area is 115 Å². The van der Waals surface area contributed by atoms with Crippen molar-refractivity contribution in [1.29, 1.82) is 0 Å². The van der Waals surface area contributed by atoms with Crippen LogP contribution >= 0.6 is 0 Å². The lowest BCUT2D eigenvalue weighted by Crippen LogP contribution is -2.35. The second-order valence-electron chi connectivity index (χ2n) is 5.81. The molecule has 0 bridgehead atoms. The van der Waals surface area contributed by atoms with Crippen LogP contribution in [0.15, 0.2) is 17.4 Å². The summed E-state index contributed by atoms with van der Waals surface area (Å²) in [6, 6.07) is 1.12. The number of carbonyl (C=O) groups excluding carboxylic acids is 2. The van der Waals surface area contributed by atoms with Crippen LogP contribution in [0.4, 0.5) is 0 Å². The Balaban J connectivity index is 2.35. The summed E-state index contributed by atoms with van der Waals surface area (Å²) in [7, 11) is -1.06. The van der Waals surface area contributed by atoms with E-state index in [1.165, 1.54) is 0 Å². The van der Waals surface area contributed by atoms with Crippen LogP contribution in [-0.2, 0) is 14.3 Å². The summed E-state index contributed by atoms with van der Waals surface area (Å²) in [5.41, 5.74) is 0.571. The molecular weight excluding hydrogens is 260 g/mol. The minimum absolute atomic E-state index is 0.463. The normalized spacial score (nSPS) is 15.6. The molecule has 0 saturated carbocycles. The van der Waals surface area contributed by atoms with Crippen LogP contribution in [0, 0.1) is 5.92 Å². The maximum atomic E-state index is 10.7. The molecular formula is C13H22N2O3Si. The van der Waals surface area contributed by atoms with Crippen LogP contribution in [0.1, 0.15) is 0 Å². The van der Waals surface area contributed by atoms with Gasteiger partial charge in [-0.05, 0) is 6.04 Å². The lowest BCUT2D eigenvalue weighted by atomic mass is 10.1. The van der Waals surface area contributed by atoms with Gasteiger partial charge in [-0.25, -0.2) is 0 Å². The third kappa shape index (κ3) is 5.93. The fraction of sp³-hybridized carbons (Fsp3) is 0.615. The Morgan fingerprint density at radius 2 is 2.11 bits per heavy atom. The van der Waals surface area contributed by atoms with E-state index in [9.17, 15) is 9.59 Å². The Morgan fingerprint density at radius 1 is 1.42 bits per heavy atom. The molecule has 19 heavy (non-hydrogen) atoms. The molecule has 0 unspecified atom stereocenters. The molecule has 0 spiro atoms. The number of aliphatic imine (C=N–C) groups is 1. The van der Waals surface area contributed by atoms with Crippen molar-refractivity contribution in [3.8, 4) is 0 Å². The smallest absolute Gasteiger partial charge is 0.135 e. The highest BCUT2D eigenvalue weighted by Gasteiger charge is 2.18. The molecule has 0 aromatic rings. The summed E-state index contributed by atoms with van der Waals surface area (Å²) < 4.78 is 5.62. The average molecular weight is 282 g/mol. The first kappa shape index (κ1) is 15.8. The van der Waals surface area contributed by atoms with Gasteiger partial charge in [-0.3, -0.25) is 4.99 Å². The van der Waals surface area contributed by atoms with Crippen LogP contribution < -0.4 is 0 Å². The minimum Gasteiger partial charge on any atom is -0.361 e. The van der Waals surface area contributed by atoms with Crippen molar-refractivity contribution in [2.24, 2.45) is 10.9 Å². The van der Waals surface area contributed by atoms with Crippen LogP contribution in [-0.4, -0.2) is 51.1 Å². The maximum absolute atomic E-state index is 10.7. The van der Waals surface area contributed by atoms with Crippen LogP contribution in [0.5, 0.6) is 0 Å². The van der Waals surface area contributed by atoms with Crippen LogP contribution in [0.2, 0.25) is 25.7 Å². The number of ether oxygens (including phenoxy) is 1. The topological polar surface area (TPSA) is 59.0 Å². The molecule has 0 aromatic heterocycles. The molecule has 1 rings (SSSR count). The van der Waals surface area contributed by atoms with Gasteiger partial charge in [0.15, 0.2) is 0 Å². The van der Waals surface area contributed by atoms with Crippen molar-refractivity contribution in [1.82, 2.24) is 4.90 Å². The lowest BCUT2D eigenvalue weighted by molar-refractivity contribution is -0.116. The summed E-state index contributed by atoms with van der Waals surface area (Å²) in [6.45, 7) is 8.59. The van der Waals surface area contributed by atoms with Gasteiger partial charge in [0, 0.05) is 27.1 Å². The zero-order valence-corrected chi connectivity index (χ0v) is 12.8. The molecule has 5 nitrogen and oxygen atoms in total. The summed E-state index contributed by atoms with van der Waals surface area (Å²) in [4.78, 5) is 27.4. The molecule has 0 N–H and O–H groups in total. The SMILES string of the molecule is C[Si](C)(C)CCOCN1C=CN=C(C(C=O)C=O)C1. The number of hydrogen-bond donors (Lipinski definition) is 0. The highest BCUT2D eigenvalue weighted by Crippen LogP contribution is 2.09. The number of rotatable bonds is 8. The van der Waals surface area contributed by atoms with Gasteiger partial charge in [-0.1, -0.05) is 19.6 Å². The quantitative estimate of drug-likeness (QED) is 0.293. The fourth-order valence-electron chi connectivity index (χ4n) is 1.55. The van der Waals surface area contributed by atoms with Gasteiger partial charge in [0.2, 0.25) is 0 Å². The summed E-state index contributed by atoms with van der Waals surface area (Å²) >= 11 is 0. The Kier molecular flexibility index (Phi) is 6.10. The van der Waals surface area contributed by atoms with E-state index in [4.69, 9.17) is 4.74 Å². The molecule has 0 fully saturated rings. The van der Waals surface area contributed by atoms with Crippen LogP contribution in [0.25, 0.3) is 0 Å². The molecule has 1 aliphatic heterocycles. The average Bonchev–Trinajstić information content (AvgIpc) is 2.36. The Hall–Kier alpha value is -1.27. The van der Waals surface area contributed by atoms with Gasteiger partial charge in [-0.2, -0.15) is 0 Å². The first-order valence-electron chi connectivity index (χ1n) is 6.42. The first-order valence-corrected chi connectivity index (χ1v) is 10.1. The zero-order chi connectivity index (χ0) is 14.3. The van der Waals surface area contributed by atoms with E-state index in [-0.39, 0.29) is 0 Å². The zero-order valence-electron chi connectivity index (χ0n) is 11.8. The molecule has 0 amide bonds. The summed E-state index contributed by atoms with van der Waals surface area (Å²) in [5, 5.41) is 0. The Morgan fingerprint density at radius 3 is 2.68 bits per heavy atom. The third-order valence-corrected chi connectivity index (χ3v) is 4.52. The largest absolute Gasteiger partial charge is 0.361 e. The van der Waals surface area contributed by atoms with Gasteiger partial charge in [0.05, 0.1) is 12.3 Å². The molecule has 106 valence electrons. The van der Waals surface area contributed by atoms with Gasteiger partial charge in [-0.15, -0.1) is 0 Å². The third-order valence-electron chi connectivity index (χ3n) is 2.81. The molecule has 0 radical (unpaired) electrons. The monoisotopic (exact) mass is 282 g/mol. The summed E-state index contributed by atoms with van der Waals surface area (Å²) in [5.74, 6) is -0.741. The van der Waals surface area contributed by atoms with Crippen molar-refractivity contribution < 1.29 is 14.3 Å². The van der Waals surface area contributed by atoms with Crippen molar-refractivity contribution in [3.05, 3.63) is 12.4 Å². The van der Waals surface area contributed by atoms with Gasteiger partial charge in [0.1, 0.15) is 25.2 Å². The van der Waals surface area contributed by atoms with E-state index in [1.54, 1.807) is 6.20 Å². The van der Waals surface area contributed by atoms with Gasteiger partial charge >= 0.3 is 0 Å². The van der Waals surface area contributed by atoms with Gasteiger partial charge < -0.3 is 19.2 Å². The highest BCUT2D eigenvalue weighted by atomic mass is 28.3. The molecule has 0 aromatic carbocycles. The molecule has 0 aliphatic carbocycles. The second kappa shape index (κ2) is 7.35. The maximum Gasteiger partial charge on any atom is 0.135 e. The Bertz CT molecular complexity index is 367. The van der Waals surface area contributed by atoms with Crippen molar-refractivity contribution in [3.63, 3.8) is 0 Å². The van der Waals surface area contributed by atoms with E-state index < -0.39 is 14.0 Å². The number of hydrogen-bond acceptors (Lipinski definition) is 5. The fourth-order valence-corrected chi connectivity index (χ4v) is 2.31. The second-order valence-corrected chi connectivity index (χ2v) is 11.4. The van der Waals surface area contributed by atoms with E-state index in [2.05, 4.69) is 24.6 Å². The molecule has 1 heterocycles. The standard InChI is InChI=1S/C13H22N2O3Si/c1-19(2,3)7-6-18-11-15-5-4-14-13(8-15)12(9-16)10-17/h4-5,9-10,12H,6-8,11H2,1-3H3. The summed E-state index contributed by atoms with van der Waals surface area (Å²) in [6.07, 6.45) is 4.65. The molecule has 0 atom stereocenters. The van der Waals surface area contributed by atoms with Crippen molar-refractivity contribution in [2.75, 3.05) is 19.9 Å². The number of carbonyl (C=O) groups is 2. The molecule has 6 heteroatoms. The number of aldehydes is 2. The van der Waals surface area contributed by atoms with Crippen molar-refractivity contribution >= 4 is 26.4 Å². The lowest BCUT2D eigenvalue weighted by Gasteiger charge is -2.25.